The van der Waals surface area contributed by atoms with Gasteiger partial charge in [0, 0.05) is 23.3 Å². The molecule has 0 atom stereocenters. The molecular weight excluding hydrogens is 326 g/mol. The van der Waals surface area contributed by atoms with Crippen LogP contribution in [0.5, 0.6) is 0 Å². The zero-order chi connectivity index (χ0) is 17.5. The van der Waals surface area contributed by atoms with Gasteiger partial charge in [0.2, 0.25) is 0 Å². The molecule has 0 spiro atoms. The van der Waals surface area contributed by atoms with Crippen LogP contribution in [0, 0.1) is 6.92 Å². The number of hydrogen-bond acceptors (Lipinski definition) is 5. The first kappa shape index (κ1) is 18.2. The summed E-state index contributed by atoms with van der Waals surface area (Å²) >= 11 is 5.84. The number of anilines is 2. The Labute approximate surface area is 147 Å². The van der Waals surface area contributed by atoms with Crippen LogP contribution >= 0.6 is 11.6 Å². The number of nitrogens with zero attached hydrogens (tertiary/aromatic N) is 3. The highest BCUT2D eigenvalue weighted by Crippen LogP contribution is 2.15. The summed E-state index contributed by atoms with van der Waals surface area (Å²) in [5.74, 6) is 0.926. The van der Waals surface area contributed by atoms with E-state index in [4.69, 9.17) is 11.6 Å². The van der Waals surface area contributed by atoms with E-state index >= 15 is 0 Å². The molecule has 0 unspecified atom stereocenters. The molecule has 2 rings (SSSR count). The third-order valence-electron chi connectivity index (χ3n) is 3.26. The molecule has 1 aromatic heterocycles. The Balaban J connectivity index is 2.01. The fourth-order valence-corrected chi connectivity index (χ4v) is 2.24. The molecule has 6 nitrogen and oxygen atoms in total. The van der Waals surface area contributed by atoms with Crippen LogP contribution < -0.4 is 10.6 Å². The average Bonchev–Trinajstić information content (AvgIpc) is 2.53. The lowest BCUT2D eigenvalue weighted by Gasteiger charge is -2.11. The van der Waals surface area contributed by atoms with Gasteiger partial charge in [0.25, 0.3) is 5.91 Å². The minimum absolute atomic E-state index is 0.279. The number of hydrogen-bond donors (Lipinski definition) is 2. The minimum atomic E-state index is -0.279. The van der Waals surface area contributed by atoms with E-state index in [1.807, 2.05) is 14.1 Å². The van der Waals surface area contributed by atoms with Crippen LogP contribution in [0.2, 0.25) is 5.02 Å². The molecule has 1 amide bonds. The maximum atomic E-state index is 12.4. The molecule has 0 saturated carbocycles. The summed E-state index contributed by atoms with van der Waals surface area (Å²) in [5, 5.41) is 6.65. The Morgan fingerprint density at radius 3 is 2.58 bits per heavy atom. The van der Waals surface area contributed by atoms with Gasteiger partial charge in [-0.05, 0) is 58.3 Å². The summed E-state index contributed by atoms with van der Waals surface area (Å²) in [4.78, 5) is 23.0. The van der Waals surface area contributed by atoms with Crippen LogP contribution in [-0.4, -0.2) is 48.0 Å². The van der Waals surface area contributed by atoms with E-state index in [2.05, 4.69) is 25.5 Å². The predicted octanol–water partition coefficient (Wildman–Crippen LogP) is 3.05. The SMILES string of the molecule is Cc1nc(NCCCN(C)C)cc(C(=O)Nc2ccc(Cl)cc2)n1. The first-order valence-electron chi connectivity index (χ1n) is 7.75. The number of halogens is 1. The van der Waals surface area contributed by atoms with Crippen LogP contribution in [0.4, 0.5) is 11.5 Å². The van der Waals surface area contributed by atoms with Crippen molar-refractivity contribution in [2.45, 2.75) is 13.3 Å². The molecule has 2 N–H and O–H groups in total. The van der Waals surface area contributed by atoms with E-state index in [0.717, 1.165) is 19.5 Å². The fourth-order valence-electron chi connectivity index (χ4n) is 2.11. The maximum absolute atomic E-state index is 12.4. The highest BCUT2D eigenvalue weighted by atomic mass is 35.5. The molecule has 1 aromatic carbocycles. The van der Waals surface area contributed by atoms with E-state index in [-0.39, 0.29) is 5.91 Å². The molecule has 0 aliphatic heterocycles. The van der Waals surface area contributed by atoms with Crippen molar-refractivity contribution in [2.75, 3.05) is 37.8 Å². The lowest BCUT2D eigenvalue weighted by atomic mass is 10.3. The number of nitrogens with one attached hydrogen (secondary N) is 2. The van der Waals surface area contributed by atoms with Crippen molar-refractivity contribution in [3.63, 3.8) is 0 Å². The lowest BCUT2D eigenvalue weighted by Crippen LogP contribution is -2.18. The zero-order valence-corrected chi connectivity index (χ0v) is 14.9. The molecule has 0 aliphatic carbocycles. The van der Waals surface area contributed by atoms with Crippen molar-refractivity contribution in [1.29, 1.82) is 0 Å². The molecular formula is C17H22ClN5O. The third-order valence-corrected chi connectivity index (χ3v) is 3.51. The Kier molecular flexibility index (Phi) is 6.52. The monoisotopic (exact) mass is 347 g/mol. The van der Waals surface area contributed by atoms with Crippen LogP contribution in [0.25, 0.3) is 0 Å². The summed E-state index contributed by atoms with van der Waals surface area (Å²) in [6.45, 7) is 3.54. The van der Waals surface area contributed by atoms with E-state index in [0.29, 0.717) is 28.0 Å². The second-order valence-electron chi connectivity index (χ2n) is 5.73. The first-order valence-corrected chi connectivity index (χ1v) is 8.13. The quantitative estimate of drug-likeness (QED) is 0.753. The van der Waals surface area contributed by atoms with Gasteiger partial charge in [0.15, 0.2) is 0 Å². The zero-order valence-electron chi connectivity index (χ0n) is 14.1. The van der Waals surface area contributed by atoms with Gasteiger partial charge in [-0.25, -0.2) is 9.97 Å². The normalized spacial score (nSPS) is 10.7. The van der Waals surface area contributed by atoms with E-state index in [1.165, 1.54) is 0 Å². The van der Waals surface area contributed by atoms with Gasteiger partial charge in [0.05, 0.1) is 0 Å². The molecule has 128 valence electrons. The van der Waals surface area contributed by atoms with Gasteiger partial charge in [-0.3, -0.25) is 4.79 Å². The molecule has 0 saturated heterocycles. The first-order chi connectivity index (χ1) is 11.4. The summed E-state index contributed by atoms with van der Waals surface area (Å²) in [7, 11) is 4.07. The number of amides is 1. The Morgan fingerprint density at radius 2 is 1.92 bits per heavy atom. The highest BCUT2D eigenvalue weighted by molar-refractivity contribution is 6.30. The molecule has 24 heavy (non-hydrogen) atoms. The highest BCUT2D eigenvalue weighted by Gasteiger charge is 2.11. The van der Waals surface area contributed by atoms with Crippen molar-refractivity contribution < 1.29 is 4.79 Å². The van der Waals surface area contributed by atoms with Gasteiger partial charge >= 0.3 is 0 Å². The minimum Gasteiger partial charge on any atom is -0.370 e. The summed E-state index contributed by atoms with van der Waals surface area (Å²) < 4.78 is 0. The van der Waals surface area contributed by atoms with Gasteiger partial charge in [0.1, 0.15) is 17.3 Å². The Hall–Kier alpha value is -2.18. The number of carbonyl (C=O) groups excluding carboxylic acids is 1. The number of carbonyl (C=O) groups is 1. The topological polar surface area (TPSA) is 70.2 Å². The average molecular weight is 348 g/mol. The van der Waals surface area contributed by atoms with Gasteiger partial charge in [-0.2, -0.15) is 0 Å². The second-order valence-corrected chi connectivity index (χ2v) is 6.17. The van der Waals surface area contributed by atoms with Crippen molar-refractivity contribution in [3.05, 3.63) is 46.9 Å². The number of aryl methyl sites for hydroxylation is 1. The largest absolute Gasteiger partial charge is 0.370 e. The van der Waals surface area contributed by atoms with Crippen molar-refractivity contribution in [3.8, 4) is 0 Å². The summed E-state index contributed by atoms with van der Waals surface area (Å²) in [5.41, 5.74) is 0.994. The maximum Gasteiger partial charge on any atom is 0.274 e. The molecule has 0 aliphatic rings. The van der Waals surface area contributed by atoms with Crippen molar-refractivity contribution in [2.24, 2.45) is 0 Å². The predicted molar refractivity (Wildman–Crippen MR) is 97.8 cm³/mol. The molecule has 7 heteroatoms. The molecule has 0 fully saturated rings. The summed E-state index contributed by atoms with van der Waals surface area (Å²) in [6.07, 6.45) is 0.988. The van der Waals surface area contributed by atoms with Crippen LogP contribution in [0.15, 0.2) is 30.3 Å². The fraction of sp³-hybridized carbons (Fsp3) is 0.353. The number of benzene rings is 1. The molecule has 0 radical (unpaired) electrons. The number of rotatable bonds is 7. The van der Waals surface area contributed by atoms with Crippen LogP contribution in [-0.2, 0) is 0 Å². The van der Waals surface area contributed by atoms with Crippen LogP contribution in [0.3, 0.4) is 0 Å². The molecule has 0 bridgehead atoms. The van der Waals surface area contributed by atoms with Crippen LogP contribution in [0.1, 0.15) is 22.7 Å². The number of aromatic nitrogens is 2. The second kappa shape index (κ2) is 8.61. The lowest BCUT2D eigenvalue weighted by molar-refractivity contribution is 0.102. The van der Waals surface area contributed by atoms with Gasteiger partial charge < -0.3 is 15.5 Å². The van der Waals surface area contributed by atoms with Crippen molar-refractivity contribution >= 4 is 29.0 Å². The smallest absolute Gasteiger partial charge is 0.274 e. The van der Waals surface area contributed by atoms with E-state index in [1.54, 1.807) is 37.3 Å². The summed E-state index contributed by atoms with van der Waals surface area (Å²) in [6, 6.07) is 8.59. The standard InChI is InChI=1S/C17H22ClN5O/c1-12-20-15(11-16(21-12)19-9-4-10-23(2)3)17(24)22-14-7-5-13(18)6-8-14/h5-8,11H,4,9-10H2,1-3H3,(H,22,24)(H,19,20,21). The molecule has 2 aromatic rings. The van der Waals surface area contributed by atoms with Gasteiger partial charge in [-0.15, -0.1) is 0 Å². The third kappa shape index (κ3) is 5.79. The Morgan fingerprint density at radius 1 is 1.21 bits per heavy atom. The van der Waals surface area contributed by atoms with Crippen molar-refractivity contribution in [1.82, 2.24) is 14.9 Å². The van der Waals surface area contributed by atoms with E-state index in [9.17, 15) is 4.79 Å². The van der Waals surface area contributed by atoms with E-state index < -0.39 is 0 Å². The Bertz CT molecular complexity index is 688. The molecule has 1 heterocycles. The van der Waals surface area contributed by atoms with Gasteiger partial charge in [-0.1, -0.05) is 11.6 Å².